The van der Waals surface area contributed by atoms with Crippen molar-refractivity contribution < 1.29 is 19.1 Å². The van der Waals surface area contributed by atoms with Gasteiger partial charge in [-0.3, -0.25) is 9.59 Å². The number of fused-ring (bicyclic) bond motifs is 2. The van der Waals surface area contributed by atoms with Crippen molar-refractivity contribution >= 4 is 23.6 Å². The van der Waals surface area contributed by atoms with Crippen molar-refractivity contribution in [3.8, 4) is 11.5 Å². The molecule has 2 amide bonds. The van der Waals surface area contributed by atoms with E-state index in [0.717, 1.165) is 28.9 Å². The van der Waals surface area contributed by atoms with Crippen molar-refractivity contribution in [2.75, 3.05) is 11.9 Å². The first-order chi connectivity index (χ1) is 14.5. The lowest BCUT2D eigenvalue weighted by Crippen LogP contribution is -2.33. The number of rotatable bonds is 5. The van der Waals surface area contributed by atoms with Crippen LogP contribution in [0.3, 0.4) is 0 Å². The topological polar surface area (TPSA) is 67.9 Å². The molecule has 0 fully saturated rings. The summed E-state index contributed by atoms with van der Waals surface area (Å²) in [5.74, 6) is 1.11. The van der Waals surface area contributed by atoms with Crippen LogP contribution in [0.1, 0.15) is 49.9 Å². The second-order valence-corrected chi connectivity index (χ2v) is 7.66. The molecule has 0 saturated heterocycles. The normalized spacial score (nSPS) is 19.0. The van der Waals surface area contributed by atoms with Crippen LogP contribution in [0.5, 0.6) is 11.5 Å². The van der Waals surface area contributed by atoms with E-state index in [4.69, 9.17) is 9.47 Å². The highest BCUT2D eigenvalue weighted by Crippen LogP contribution is 2.39. The molecule has 6 heteroatoms. The number of hydrogen-bond acceptors (Lipinski definition) is 4. The summed E-state index contributed by atoms with van der Waals surface area (Å²) in [5.41, 5.74) is 3.64. The molecule has 4 rings (SSSR count). The molecule has 0 unspecified atom stereocenters. The van der Waals surface area contributed by atoms with Crippen LogP contribution in [-0.2, 0) is 16.0 Å². The Hall–Kier alpha value is -3.28. The summed E-state index contributed by atoms with van der Waals surface area (Å²) >= 11 is 0. The number of amides is 2. The summed E-state index contributed by atoms with van der Waals surface area (Å²) in [6.07, 6.45) is 4.72. The van der Waals surface area contributed by atoms with E-state index in [2.05, 4.69) is 5.32 Å². The lowest BCUT2D eigenvalue weighted by atomic mass is 9.93. The van der Waals surface area contributed by atoms with Gasteiger partial charge in [0.25, 0.3) is 0 Å². The van der Waals surface area contributed by atoms with E-state index in [9.17, 15) is 9.59 Å². The molecule has 2 aromatic rings. The Morgan fingerprint density at radius 3 is 2.83 bits per heavy atom. The SMILES string of the molecule is CCOc1cc2c(cc1NC(=O)C[C@H]1c3ccccc3C=CN1C(C)=O)O[C@@H](C)C2. The van der Waals surface area contributed by atoms with E-state index in [1.54, 1.807) is 11.1 Å². The fraction of sp³-hybridized carbons (Fsp3) is 0.333. The molecule has 1 N–H and O–H groups in total. The monoisotopic (exact) mass is 406 g/mol. The van der Waals surface area contributed by atoms with Crippen molar-refractivity contribution in [1.82, 2.24) is 4.90 Å². The average Bonchev–Trinajstić information content (AvgIpc) is 3.07. The molecule has 6 nitrogen and oxygen atoms in total. The van der Waals surface area contributed by atoms with E-state index >= 15 is 0 Å². The predicted octanol–water partition coefficient (Wildman–Crippen LogP) is 4.31. The number of anilines is 1. The van der Waals surface area contributed by atoms with Crippen LogP contribution in [0.4, 0.5) is 5.69 Å². The second-order valence-electron chi connectivity index (χ2n) is 7.66. The zero-order valence-electron chi connectivity index (χ0n) is 17.5. The second kappa shape index (κ2) is 8.22. The van der Waals surface area contributed by atoms with Crippen LogP contribution < -0.4 is 14.8 Å². The van der Waals surface area contributed by atoms with Crippen molar-refractivity contribution in [2.24, 2.45) is 0 Å². The minimum Gasteiger partial charge on any atom is -0.492 e. The summed E-state index contributed by atoms with van der Waals surface area (Å²) < 4.78 is 11.6. The average molecular weight is 406 g/mol. The fourth-order valence-corrected chi connectivity index (χ4v) is 4.10. The van der Waals surface area contributed by atoms with E-state index in [1.165, 1.54) is 6.92 Å². The molecular formula is C24H26N2O4. The van der Waals surface area contributed by atoms with Gasteiger partial charge in [-0.05, 0) is 37.1 Å². The smallest absolute Gasteiger partial charge is 0.226 e. The minimum absolute atomic E-state index is 0.103. The molecule has 2 aliphatic heterocycles. The van der Waals surface area contributed by atoms with Gasteiger partial charge in [0, 0.05) is 31.2 Å². The summed E-state index contributed by atoms with van der Waals surface area (Å²) in [4.78, 5) is 26.8. The molecule has 0 saturated carbocycles. The van der Waals surface area contributed by atoms with Gasteiger partial charge in [0.2, 0.25) is 11.8 Å². The maximum absolute atomic E-state index is 13.0. The van der Waals surface area contributed by atoms with Gasteiger partial charge in [-0.1, -0.05) is 24.3 Å². The lowest BCUT2D eigenvalue weighted by molar-refractivity contribution is -0.129. The molecule has 2 aromatic carbocycles. The van der Waals surface area contributed by atoms with Gasteiger partial charge in [0.1, 0.15) is 17.6 Å². The molecule has 30 heavy (non-hydrogen) atoms. The van der Waals surface area contributed by atoms with Crippen LogP contribution in [-0.4, -0.2) is 29.4 Å². The molecule has 0 radical (unpaired) electrons. The number of carbonyl (C=O) groups excluding carboxylic acids is 2. The van der Waals surface area contributed by atoms with E-state index in [1.807, 2.05) is 56.3 Å². The Morgan fingerprint density at radius 1 is 1.27 bits per heavy atom. The Kier molecular flexibility index (Phi) is 5.48. The standard InChI is InChI=1S/C24H26N2O4/c1-4-29-23-12-18-11-15(2)30-22(18)13-20(23)25-24(28)14-21-19-8-6-5-7-17(19)9-10-26(21)16(3)27/h5-10,12-13,15,21H,4,11,14H2,1-3H3,(H,25,28)/t15-,21-/m0/s1. The maximum atomic E-state index is 13.0. The minimum atomic E-state index is -0.357. The van der Waals surface area contributed by atoms with Gasteiger partial charge >= 0.3 is 0 Å². The zero-order valence-corrected chi connectivity index (χ0v) is 17.5. The first-order valence-corrected chi connectivity index (χ1v) is 10.3. The largest absolute Gasteiger partial charge is 0.492 e. The Morgan fingerprint density at radius 2 is 2.07 bits per heavy atom. The van der Waals surface area contributed by atoms with Gasteiger partial charge in [-0.15, -0.1) is 0 Å². The third-order valence-electron chi connectivity index (χ3n) is 5.42. The van der Waals surface area contributed by atoms with E-state index in [0.29, 0.717) is 18.0 Å². The highest BCUT2D eigenvalue weighted by Gasteiger charge is 2.29. The van der Waals surface area contributed by atoms with Gasteiger partial charge < -0.3 is 19.7 Å². The van der Waals surface area contributed by atoms with Crippen LogP contribution in [0.2, 0.25) is 0 Å². The molecule has 2 heterocycles. The highest BCUT2D eigenvalue weighted by molar-refractivity contribution is 5.94. The summed E-state index contributed by atoms with van der Waals surface area (Å²) in [6, 6.07) is 11.2. The van der Waals surface area contributed by atoms with Gasteiger partial charge in [-0.2, -0.15) is 0 Å². The predicted molar refractivity (Wildman–Crippen MR) is 115 cm³/mol. The van der Waals surface area contributed by atoms with Crippen molar-refractivity contribution in [2.45, 2.75) is 45.8 Å². The Labute approximate surface area is 176 Å². The first-order valence-electron chi connectivity index (χ1n) is 10.3. The van der Waals surface area contributed by atoms with Crippen LogP contribution >= 0.6 is 0 Å². The first kappa shape index (κ1) is 20.0. The quantitative estimate of drug-likeness (QED) is 0.803. The van der Waals surface area contributed by atoms with Crippen LogP contribution in [0.15, 0.2) is 42.6 Å². The summed E-state index contributed by atoms with van der Waals surface area (Å²) in [6.45, 7) is 5.93. The number of nitrogens with one attached hydrogen (secondary N) is 1. The third kappa shape index (κ3) is 3.90. The molecular weight excluding hydrogens is 380 g/mol. The Bertz CT molecular complexity index is 1010. The molecule has 2 aliphatic rings. The molecule has 156 valence electrons. The third-order valence-corrected chi connectivity index (χ3v) is 5.42. The molecule has 0 aromatic heterocycles. The van der Waals surface area contributed by atoms with Gasteiger partial charge in [-0.25, -0.2) is 0 Å². The van der Waals surface area contributed by atoms with Crippen LogP contribution in [0, 0.1) is 0 Å². The number of hydrogen-bond donors (Lipinski definition) is 1. The maximum Gasteiger partial charge on any atom is 0.226 e. The van der Waals surface area contributed by atoms with Crippen molar-refractivity contribution in [1.29, 1.82) is 0 Å². The summed E-state index contributed by atoms with van der Waals surface area (Å²) in [5, 5.41) is 2.97. The molecule has 2 atom stereocenters. The van der Waals surface area contributed by atoms with Crippen molar-refractivity contribution in [3.63, 3.8) is 0 Å². The number of carbonyl (C=O) groups is 2. The number of ether oxygens (including phenoxy) is 2. The van der Waals surface area contributed by atoms with Gasteiger partial charge in [0.05, 0.1) is 24.8 Å². The molecule has 0 aliphatic carbocycles. The molecule has 0 bridgehead atoms. The van der Waals surface area contributed by atoms with Gasteiger partial charge in [0.15, 0.2) is 0 Å². The fourth-order valence-electron chi connectivity index (χ4n) is 4.10. The van der Waals surface area contributed by atoms with E-state index < -0.39 is 0 Å². The van der Waals surface area contributed by atoms with Crippen molar-refractivity contribution in [3.05, 3.63) is 59.3 Å². The number of benzene rings is 2. The molecule has 0 spiro atoms. The summed E-state index contributed by atoms with van der Waals surface area (Å²) in [7, 11) is 0. The van der Waals surface area contributed by atoms with E-state index in [-0.39, 0.29) is 30.4 Å². The lowest BCUT2D eigenvalue weighted by Gasteiger charge is -2.32. The zero-order chi connectivity index (χ0) is 21.3. The van der Waals surface area contributed by atoms with Crippen LogP contribution in [0.25, 0.3) is 6.08 Å². The highest BCUT2D eigenvalue weighted by atomic mass is 16.5. The Balaban J connectivity index is 1.58. The number of nitrogens with zero attached hydrogens (tertiary/aromatic N) is 1.